The van der Waals surface area contributed by atoms with E-state index in [0.717, 1.165) is 4.90 Å². The molecular formula is C19H27FN4O3. The highest BCUT2D eigenvalue weighted by atomic mass is 19.1. The van der Waals surface area contributed by atoms with Crippen LogP contribution < -0.4 is 5.73 Å². The summed E-state index contributed by atoms with van der Waals surface area (Å²) in [4.78, 5) is 34.0. The third-order valence-corrected chi connectivity index (χ3v) is 4.08. The van der Waals surface area contributed by atoms with E-state index in [9.17, 15) is 14.0 Å². The molecule has 2 rings (SSSR count). The zero-order valence-corrected chi connectivity index (χ0v) is 16.5. The molecule has 7 nitrogen and oxygen atoms in total. The Bertz CT molecular complexity index is 841. The molecule has 27 heavy (non-hydrogen) atoms. The lowest BCUT2D eigenvalue weighted by Crippen LogP contribution is -2.51. The minimum atomic E-state index is -0.873. The van der Waals surface area contributed by atoms with Crippen LogP contribution in [0.25, 0.3) is 11.0 Å². The first-order valence-corrected chi connectivity index (χ1v) is 8.87. The molecule has 1 heterocycles. The Labute approximate surface area is 158 Å². The lowest BCUT2D eigenvalue weighted by molar-refractivity contribution is -0.134. The highest BCUT2D eigenvalue weighted by Crippen LogP contribution is 2.25. The largest absolute Gasteiger partial charge is 0.443 e. The quantitative estimate of drug-likeness (QED) is 0.848. The molecule has 0 aliphatic carbocycles. The fourth-order valence-electron chi connectivity index (χ4n) is 2.51. The van der Waals surface area contributed by atoms with Crippen LogP contribution in [0.5, 0.6) is 0 Å². The number of amides is 2. The van der Waals surface area contributed by atoms with Gasteiger partial charge in [0.05, 0.1) is 23.1 Å². The molecule has 0 radical (unpaired) electrons. The Morgan fingerprint density at radius 3 is 2.44 bits per heavy atom. The molecule has 1 unspecified atom stereocenters. The number of H-pyrrole nitrogens is 1. The molecule has 0 saturated heterocycles. The molecule has 3 N–H and O–H groups in total. The fraction of sp³-hybridized carbons (Fsp3) is 0.526. The standard InChI is InChI=1S/C19H27FN4O3/c1-10(2)15(21)17(25)24(18(26)27-19(4,5)6)11(3)16-22-13-8-7-12(20)9-14(13)23-16/h7-11,15H,21H2,1-6H3,(H,22,23)/t11?,15-/m0/s1. The lowest BCUT2D eigenvalue weighted by atomic mass is 10.0. The summed E-state index contributed by atoms with van der Waals surface area (Å²) in [7, 11) is 0. The number of carbonyl (C=O) groups is 2. The topological polar surface area (TPSA) is 101 Å². The highest BCUT2D eigenvalue weighted by molar-refractivity contribution is 5.95. The number of hydrogen-bond acceptors (Lipinski definition) is 5. The van der Waals surface area contributed by atoms with Gasteiger partial charge >= 0.3 is 6.09 Å². The molecule has 0 aliphatic heterocycles. The van der Waals surface area contributed by atoms with Gasteiger partial charge < -0.3 is 15.5 Å². The fourth-order valence-corrected chi connectivity index (χ4v) is 2.51. The van der Waals surface area contributed by atoms with Gasteiger partial charge in [0.1, 0.15) is 17.2 Å². The van der Waals surface area contributed by atoms with Crippen molar-refractivity contribution in [2.75, 3.05) is 0 Å². The maximum absolute atomic E-state index is 13.4. The molecule has 148 valence electrons. The predicted octanol–water partition coefficient (Wildman–Crippen LogP) is 3.51. The second-order valence-corrected chi connectivity index (χ2v) is 7.92. The smallest absolute Gasteiger partial charge is 0.417 e. The van der Waals surface area contributed by atoms with Crippen LogP contribution in [0.2, 0.25) is 0 Å². The van der Waals surface area contributed by atoms with Crippen LogP contribution in [0.1, 0.15) is 53.4 Å². The van der Waals surface area contributed by atoms with Crippen molar-refractivity contribution < 1.29 is 18.7 Å². The first-order chi connectivity index (χ1) is 12.4. The first kappa shape index (κ1) is 20.8. The molecule has 1 aromatic carbocycles. The molecular weight excluding hydrogens is 351 g/mol. The second kappa shape index (κ2) is 7.64. The van der Waals surface area contributed by atoms with E-state index in [1.807, 2.05) is 0 Å². The van der Waals surface area contributed by atoms with Crippen molar-refractivity contribution in [3.8, 4) is 0 Å². The Morgan fingerprint density at radius 1 is 1.26 bits per heavy atom. The summed E-state index contributed by atoms with van der Waals surface area (Å²) in [5.41, 5.74) is 6.21. The van der Waals surface area contributed by atoms with E-state index in [2.05, 4.69) is 9.97 Å². The summed E-state index contributed by atoms with van der Waals surface area (Å²) in [5, 5.41) is 0. The van der Waals surface area contributed by atoms with Crippen LogP contribution in [-0.4, -0.2) is 38.5 Å². The van der Waals surface area contributed by atoms with Crippen molar-refractivity contribution in [2.24, 2.45) is 11.7 Å². The molecule has 0 bridgehead atoms. The Balaban J connectivity index is 2.43. The molecule has 0 fully saturated rings. The number of rotatable bonds is 4. The van der Waals surface area contributed by atoms with E-state index in [1.165, 1.54) is 12.1 Å². The first-order valence-electron chi connectivity index (χ1n) is 8.87. The van der Waals surface area contributed by atoms with Crippen molar-refractivity contribution in [2.45, 2.75) is 59.2 Å². The van der Waals surface area contributed by atoms with Gasteiger partial charge in [-0.2, -0.15) is 0 Å². The van der Waals surface area contributed by atoms with Gasteiger partial charge in [0, 0.05) is 6.07 Å². The molecule has 2 atom stereocenters. The summed E-state index contributed by atoms with van der Waals surface area (Å²) in [5.74, 6) is -0.807. The predicted molar refractivity (Wildman–Crippen MR) is 100 cm³/mol. The van der Waals surface area contributed by atoms with Gasteiger partial charge in [0.15, 0.2) is 0 Å². The van der Waals surface area contributed by atoms with E-state index < -0.39 is 35.5 Å². The number of imidazole rings is 1. The summed E-state index contributed by atoms with van der Waals surface area (Å²) < 4.78 is 18.8. The van der Waals surface area contributed by atoms with E-state index in [-0.39, 0.29) is 5.92 Å². The Kier molecular flexibility index (Phi) is 5.89. The molecule has 2 aromatic rings. The van der Waals surface area contributed by atoms with E-state index >= 15 is 0 Å². The van der Waals surface area contributed by atoms with Crippen LogP contribution in [0, 0.1) is 11.7 Å². The van der Waals surface area contributed by atoms with Crippen molar-refractivity contribution in [3.63, 3.8) is 0 Å². The van der Waals surface area contributed by atoms with Crippen molar-refractivity contribution >= 4 is 23.0 Å². The maximum atomic E-state index is 13.4. The van der Waals surface area contributed by atoms with Gasteiger partial charge in [0.2, 0.25) is 5.91 Å². The monoisotopic (exact) mass is 378 g/mol. The SMILES string of the molecule is CC(C)[C@H](N)C(=O)N(C(=O)OC(C)(C)C)C(C)c1nc2cc(F)ccc2[nH]1. The number of hydrogen-bond donors (Lipinski definition) is 2. The number of imide groups is 1. The van der Waals surface area contributed by atoms with Crippen LogP contribution in [0.4, 0.5) is 9.18 Å². The minimum absolute atomic E-state index is 0.167. The molecule has 8 heteroatoms. The summed E-state index contributed by atoms with van der Waals surface area (Å²) in [6.45, 7) is 10.4. The van der Waals surface area contributed by atoms with E-state index in [1.54, 1.807) is 47.6 Å². The van der Waals surface area contributed by atoms with Crippen molar-refractivity contribution in [3.05, 3.63) is 29.8 Å². The minimum Gasteiger partial charge on any atom is -0.443 e. The van der Waals surface area contributed by atoms with Gasteiger partial charge in [-0.05, 0) is 45.7 Å². The zero-order valence-electron chi connectivity index (χ0n) is 16.5. The lowest BCUT2D eigenvalue weighted by Gasteiger charge is -2.31. The number of ether oxygens (including phenoxy) is 1. The average Bonchev–Trinajstić information content (AvgIpc) is 2.95. The average molecular weight is 378 g/mol. The van der Waals surface area contributed by atoms with E-state index in [4.69, 9.17) is 10.5 Å². The molecule has 0 aliphatic rings. The van der Waals surface area contributed by atoms with Gasteiger partial charge in [-0.3, -0.25) is 4.79 Å². The molecule has 1 aromatic heterocycles. The number of benzene rings is 1. The van der Waals surface area contributed by atoms with Crippen LogP contribution in [0.15, 0.2) is 18.2 Å². The zero-order chi connectivity index (χ0) is 20.5. The third kappa shape index (κ3) is 4.82. The number of nitrogens with two attached hydrogens (primary N) is 1. The summed E-state index contributed by atoms with van der Waals surface area (Å²) in [6, 6.07) is 2.49. The van der Waals surface area contributed by atoms with Gasteiger partial charge in [-0.25, -0.2) is 19.1 Å². The number of aromatic nitrogens is 2. The number of halogens is 1. The van der Waals surface area contributed by atoms with Crippen molar-refractivity contribution in [1.29, 1.82) is 0 Å². The molecule has 0 spiro atoms. The number of aromatic amines is 1. The second-order valence-electron chi connectivity index (χ2n) is 7.92. The molecule has 0 saturated carbocycles. The number of carbonyl (C=O) groups excluding carboxylic acids is 2. The molecule has 2 amide bonds. The number of nitrogens with zero attached hydrogens (tertiary/aromatic N) is 2. The maximum Gasteiger partial charge on any atom is 0.417 e. The van der Waals surface area contributed by atoms with Crippen molar-refractivity contribution in [1.82, 2.24) is 14.9 Å². The number of fused-ring (bicyclic) bond motifs is 1. The normalized spacial score (nSPS) is 14.3. The third-order valence-electron chi connectivity index (χ3n) is 4.08. The van der Waals surface area contributed by atoms with Gasteiger partial charge in [-0.15, -0.1) is 0 Å². The Hall–Kier alpha value is -2.48. The van der Waals surface area contributed by atoms with Crippen LogP contribution >= 0.6 is 0 Å². The van der Waals surface area contributed by atoms with Crippen LogP contribution in [-0.2, 0) is 9.53 Å². The van der Waals surface area contributed by atoms with Gasteiger partial charge in [-0.1, -0.05) is 13.8 Å². The van der Waals surface area contributed by atoms with E-state index in [0.29, 0.717) is 16.9 Å². The summed E-state index contributed by atoms with van der Waals surface area (Å²) in [6.07, 6.45) is -0.803. The van der Waals surface area contributed by atoms with Gasteiger partial charge in [0.25, 0.3) is 0 Å². The Morgan fingerprint density at radius 2 is 1.89 bits per heavy atom. The summed E-state index contributed by atoms with van der Waals surface area (Å²) >= 11 is 0. The van der Waals surface area contributed by atoms with Crippen LogP contribution in [0.3, 0.4) is 0 Å². The highest BCUT2D eigenvalue weighted by Gasteiger charge is 2.37. The number of nitrogens with one attached hydrogen (secondary N) is 1.